The number of rotatable bonds is 3. The Kier molecular flexibility index (Phi) is 3.75. The molecule has 21 heavy (non-hydrogen) atoms. The minimum absolute atomic E-state index is 0.171. The van der Waals surface area contributed by atoms with E-state index in [-0.39, 0.29) is 10.8 Å². The normalized spacial score (nSPS) is 21.6. The Bertz CT molecular complexity index is 662. The van der Waals surface area contributed by atoms with Gasteiger partial charge in [0.1, 0.15) is 5.82 Å². The fraction of sp³-hybridized carbons (Fsp3) is 0.500. The molecule has 0 aliphatic carbocycles. The van der Waals surface area contributed by atoms with Crippen LogP contribution in [0.2, 0.25) is 0 Å². The maximum atomic E-state index is 12.0. The number of nitrogens with zero attached hydrogens (tertiary/aromatic N) is 3. The van der Waals surface area contributed by atoms with Crippen molar-refractivity contribution in [2.75, 3.05) is 17.6 Å². The van der Waals surface area contributed by atoms with Crippen molar-refractivity contribution in [1.82, 2.24) is 19.9 Å². The predicted octanol–water partition coefficient (Wildman–Crippen LogP) is 2.44. The number of pyridine rings is 1. The van der Waals surface area contributed by atoms with E-state index in [9.17, 15) is 4.79 Å². The van der Waals surface area contributed by atoms with Gasteiger partial charge in [-0.1, -0.05) is 0 Å². The third-order valence-corrected chi connectivity index (χ3v) is 5.16. The zero-order valence-electron chi connectivity index (χ0n) is 12.2. The van der Waals surface area contributed by atoms with Crippen LogP contribution in [0.5, 0.6) is 0 Å². The van der Waals surface area contributed by atoms with Crippen LogP contribution in [0.15, 0.2) is 18.3 Å². The van der Waals surface area contributed by atoms with Crippen LogP contribution >= 0.6 is 11.8 Å². The molecule has 2 aromatic rings. The molecule has 2 amide bonds. The van der Waals surface area contributed by atoms with Gasteiger partial charge >= 0.3 is 6.03 Å². The molecule has 0 radical (unpaired) electrons. The standard InChI is InChI=1S/C14H19N5OS/c1-10-16-12-5-4-11(8-19(12)18-10)17-13(20)15-9-14(2)6-3-7-21-14/h4-5,8H,3,6-7,9H2,1-2H3,(H2,15,17,20). The molecule has 2 N–H and O–H groups in total. The van der Waals surface area contributed by atoms with Crippen LogP contribution in [0.25, 0.3) is 5.65 Å². The third kappa shape index (κ3) is 3.29. The molecule has 7 heteroatoms. The molecule has 0 aromatic carbocycles. The Labute approximate surface area is 127 Å². The van der Waals surface area contributed by atoms with Gasteiger partial charge in [0.2, 0.25) is 0 Å². The van der Waals surface area contributed by atoms with Gasteiger partial charge in [-0.3, -0.25) is 0 Å². The summed E-state index contributed by atoms with van der Waals surface area (Å²) in [5.41, 5.74) is 1.47. The van der Waals surface area contributed by atoms with E-state index in [2.05, 4.69) is 27.6 Å². The quantitative estimate of drug-likeness (QED) is 0.913. The first-order valence-corrected chi connectivity index (χ1v) is 8.05. The Balaban J connectivity index is 1.60. The van der Waals surface area contributed by atoms with Gasteiger partial charge in [0, 0.05) is 11.3 Å². The van der Waals surface area contributed by atoms with Crippen molar-refractivity contribution in [1.29, 1.82) is 0 Å². The summed E-state index contributed by atoms with van der Waals surface area (Å²) in [6.45, 7) is 4.73. The van der Waals surface area contributed by atoms with Crippen molar-refractivity contribution in [3.63, 3.8) is 0 Å². The van der Waals surface area contributed by atoms with Gasteiger partial charge in [0.05, 0.1) is 11.9 Å². The molecule has 1 aliphatic rings. The second-order valence-corrected chi connectivity index (χ2v) is 7.27. The summed E-state index contributed by atoms with van der Waals surface area (Å²) in [4.78, 5) is 16.2. The second-order valence-electron chi connectivity index (χ2n) is 5.59. The lowest BCUT2D eigenvalue weighted by Crippen LogP contribution is -2.39. The van der Waals surface area contributed by atoms with Gasteiger partial charge < -0.3 is 10.6 Å². The molecular weight excluding hydrogens is 286 g/mol. The van der Waals surface area contributed by atoms with Crippen molar-refractivity contribution >= 4 is 29.1 Å². The highest BCUT2D eigenvalue weighted by Crippen LogP contribution is 2.36. The van der Waals surface area contributed by atoms with E-state index >= 15 is 0 Å². The molecule has 6 nitrogen and oxygen atoms in total. The number of aryl methyl sites for hydroxylation is 1. The number of nitrogens with one attached hydrogen (secondary N) is 2. The lowest BCUT2D eigenvalue weighted by molar-refractivity contribution is 0.251. The molecule has 1 unspecified atom stereocenters. The molecule has 0 spiro atoms. The maximum absolute atomic E-state index is 12.0. The Hall–Kier alpha value is -1.76. The van der Waals surface area contributed by atoms with Crippen LogP contribution in [0.4, 0.5) is 10.5 Å². The SMILES string of the molecule is Cc1nc2ccc(NC(=O)NCC3(C)CCCS3)cn2n1. The molecule has 2 aromatic heterocycles. The van der Waals surface area contributed by atoms with Crippen molar-refractivity contribution in [3.8, 4) is 0 Å². The average molecular weight is 305 g/mol. The van der Waals surface area contributed by atoms with E-state index < -0.39 is 0 Å². The minimum atomic E-state index is -0.181. The molecule has 1 fully saturated rings. The van der Waals surface area contributed by atoms with Gasteiger partial charge in [-0.25, -0.2) is 14.3 Å². The van der Waals surface area contributed by atoms with E-state index in [4.69, 9.17) is 0 Å². The number of amides is 2. The molecule has 112 valence electrons. The highest BCUT2D eigenvalue weighted by Gasteiger charge is 2.29. The second kappa shape index (κ2) is 5.55. The zero-order chi connectivity index (χ0) is 14.9. The molecule has 0 bridgehead atoms. The highest BCUT2D eigenvalue weighted by atomic mass is 32.2. The monoisotopic (exact) mass is 305 g/mol. The number of fused-ring (bicyclic) bond motifs is 1. The van der Waals surface area contributed by atoms with Crippen LogP contribution in [0.1, 0.15) is 25.6 Å². The van der Waals surface area contributed by atoms with Crippen LogP contribution in [0.3, 0.4) is 0 Å². The molecular formula is C14H19N5OS. The maximum Gasteiger partial charge on any atom is 0.319 e. The minimum Gasteiger partial charge on any atom is -0.336 e. The number of hydrogen-bond acceptors (Lipinski definition) is 4. The molecule has 3 heterocycles. The molecule has 3 rings (SSSR count). The van der Waals surface area contributed by atoms with E-state index in [1.807, 2.05) is 30.8 Å². The third-order valence-electron chi connectivity index (χ3n) is 3.62. The smallest absolute Gasteiger partial charge is 0.319 e. The van der Waals surface area contributed by atoms with Crippen LogP contribution in [-0.4, -0.2) is 37.7 Å². The summed E-state index contributed by atoms with van der Waals surface area (Å²) in [5.74, 6) is 1.89. The Morgan fingerprint density at radius 1 is 1.52 bits per heavy atom. The summed E-state index contributed by atoms with van der Waals surface area (Å²) in [6, 6.07) is 3.48. The average Bonchev–Trinajstić information content (AvgIpc) is 3.02. The van der Waals surface area contributed by atoms with Crippen LogP contribution < -0.4 is 10.6 Å². The Morgan fingerprint density at radius 3 is 3.14 bits per heavy atom. The van der Waals surface area contributed by atoms with E-state index in [1.54, 1.807) is 10.7 Å². The van der Waals surface area contributed by atoms with Gasteiger partial charge in [0.25, 0.3) is 0 Å². The van der Waals surface area contributed by atoms with Crippen LogP contribution in [0, 0.1) is 6.92 Å². The fourth-order valence-corrected chi connectivity index (χ4v) is 3.73. The highest BCUT2D eigenvalue weighted by molar-refractivity contribution is 8.00. The largest absolute Gasteiger partial charge is 0.336 e. The first-order valence-electron chi connectivity index (χ1n) is 7.06. The van der Waals surface area contributed by atoms with Crippen molar-refractivity contribution in [2.24, 2.45) is 0 Å². The van der Waals surface area contributed by atoms with E-state index in [0.717, 1.165) is 12.1 Å². The number of carbonyl (C=O) groups is 1. The lowest BCUT2D eigenvalue weighted by Gasteiger charge is -2.22. The topological polar surface area (TPSA) is 71.3 Å². The number of aromatic nitrogens is 3. The number of carbonyl (C=O) groups excluding carboxylic acids is 1. The summed E-state index contributed by atoms with van der Waals surface area (Å²) < 4.78 is 1.84. The molecule has 0 saturated carbocycles. The summed E-state index contributed by atoms with van der Waals surface area (Å²) in [5, 5.41) is 10.0. The first kappa shape index (κ1) is 14.2. The first-order chi connectivity index (χ1) is 10.0. The van der Waals surface area contributed by atoms with Gasteiger partial charge in [-0.15, -0.1) is 0 Å². The lowest BCUT2D eigenvalue weighted by atomic mass is 10.1. The van der Waals surface area contributed by atoms with Crippen molar-refractivity contribution in [2.45, 2.75) is 31.4 Å². The van der Waals surface area contributed by atoms with Gasteiger partial charge in [-0.05, 0) is 44.6 Å². The van der Waals surface area contributed by atoms with E-state index in [1.165, 1.54) is 12.2 Å². The molecule has 1 aliphatic heterocycles. The van der Waals surface area contributed by atoms with Crippen LogP contribution in [-0.2, 0) is 0 Å². The number of urea groups is 1. The Morgan fingerprint density at radius 2 is 2.38 bits per heavy atom. The summed E-state index contributed by atoms with van der Waals surface area (Å²) >= 11 is 1.93. The predicted molar refractivity (Wildman–Crippen MR) is 84.8 cm³/mol. The summed E-state index contributed by atoms with van der Waals surface area (Å²) in [6.07, 6.45) is 4.15. The summed E-state index contributed by atoms with van der Waals surface area (Å²) in [7, 11) is 0. The van der Waals surface area contributed by atoms with Gasteiger partial charge in [0.15, 0.2) is 5.65 Å². The molecule has 1 atom stereocenters. The van der Waals surface area contributed by atoms with Crippen molar-refractivity contribution < 1.29 is 4.79 Å². The number of thioether (sulfide) groups is 1. The fourth-order valence-electron chi connectivity index (χ4n) is 2.49. The molecule has 1 saturated heterocycles. The van der Waals surface area contributed by atoms with E-state index in [0.29, 0.717) is 18.1 Å². The van der Waals surface area contributed by atoms with Gasteiger partial charge in [-0.2, -0.15) is 16.9 Å². The number of hydrogen-bond donors (Lipinski definition) is 2. The number of anilines is 1. The zero-order valence-corrected chi connectivity index (χ0v) is 13.0. The van der Waals surface area contributed by atoms with Crippen molar-refractivity contribution in [3.05, 3.63) is 24.2 Å².